The summed E-state index contributed by atoms with van der Waals surface area (Å²) in [5.74, 6) is -0.270. The number of para-hydroxylation sites is 2. The van der Waals surface area contributed by atoms with Crippen molar-refractivity contribution in [3.63, 3.8) is 0 Å². The average Bonchev–Trinajstić information content (AvgIpc) is 2.69. The van der Waals surface area contributed by atoms with E-state index in [1.54, 1.807) is 17.6 Å². The van der Waals surface area contributed by atoms with E-state index >= 15 is 0 Å². The Balaban J connectivity index is 2.20. The zero-order valence-corrected chi connectivity index (χ0v) is 17.2. The number of thioether (sulfide) groups is 1. The zero-order valence-electron chi connectivity index (χ0n) is 16.3. The van der Waals surface area contributed by atoms with E-state index in [4.69, 9.17) is 9.72 Å². The van der Waals surface area contributed by atoms with E-state index in [1.807, 2.05) is 56.3 Å². The van der Waals surface area contributed by atoms with Gasteiger partial charge >= 0.3 is 5.97 Å². The lowest BCUT2D eigenvalue weighted by Crippen LogP contribution is -2.26. The van der Waals surface area contributed by atoms with E-state index in [2.05, 4.69) is 0 Å². The molecule has 0 radical (unpaired) electrons. The molecule has 2 aromatic carbocycles. The molecule has 0 aliphatic heterocycles. The molecule has 1 atom stereocenters. The van der Waals surface area contributed by atoms with Gasteiger partial charge in [0.2, 0.25) is 0 Å². The Hall–Kier alpha value is -2.60. The number of carbonyl (C=O) groups is 1. The van der Waals surface area contributed by atoms with Crippen molar-refractivity contribution in [3.05, 3.63) is 64.4 Å². The Morgan fingerprint density at radius 1 is 1.14 bits per heavy atom. The van der Waals surface area contributed by atoms with Gasteiger partial charge in [-0.05, 0) is 44.0 Å². The van der Waals surface area contributed by atoms with Gasteiger partial charge in [-0.2, -0.15) is 0 Å². The fraction of sp³-hybridized carbons (Fsp3) is 0.318. The van der Waals surface area contributed by atoms with Crippen LogP contribution in [0, 0.1) is 6.92 Å². The standard InChI is InChI=1S/C22H24N2O3S/c1-4-10-19(21(26)27-5-2)28-22-23-17-13-8-7-12-16(17)20(25)24(22)18-14-9-6-11-15(18)3/h6-9,11-14,19H,4-5,10H2,1-3H3. The fourth-order valence-electron chi connectivity index (χ4n) is 3.07. The van der Waals surface area contributed by atoms with Gasteiger partial charge in [-0.3, -0.25) is 14.2 Å². The van der Waals surface area contributed by atoms with Crippen LogP contribution in [-0.2, 0) is 9.53 Å². The highest BCUT2D eigenvalue weighted by atomic mass is 32.2. The second-order valence-corrected chi connectivity index (χ2v) is 7.66. The minimum atomic E-state index is -0.409. The summed E-state index contributed by atoms with van der Waals surface area (Å²) in [4.78, 5) is 30.5. The summed E-state index contributed by atoms with van der Waals surface area (Å²) in [6.07, 6.45) is 1.48. The largest absolute Gasteiger partial charge is 0.465 e. The number of aromatic nitrogens is 2. The number of aryl methyl sites for hydroxylation is 1. The molecule has 1 unspecified atom stereocenters. The number of rotatable bonds is 7. The molecule has 3 rings (SSSR count). The van der Waals surface area contributed by atoms with Gasteiger partial charge in [0.25, 0.3) is 5.56 Å². The molecule has 0 aliphatic carbocycles. The predicted octanol–water partition coefficient (Wildman–Crippen LogP) is 4.52. The van der Waals surface area contributed by atoms with Crippen LogP contribution in [-0.4, -0.2) is 27.4 Å². The highest BCUT2D eigenvalue weighted by Gasteiger charge is 2.24. The van der Waals surface area contributed by atoms with Crippen LogP contribution in [0.25, 0.3) is 16.6 Å². The van der Waals surface area contributed by atoms with Crippen molar-refractivity contribution < 1.29 is 9.53 Å². The van der Waals surface area contributed by atoms with Gasteiger partial charge in [0.1, 0.15) is 5.25 Å². The summed E-state index contributed by atoms with van der Waals surface area (Å²) in [6, 6.07) is 15.0. The van der Waals surface area contributed by atoms with Crippen LogP contribution >= 0.6 is 11.8 Å². The molecule has 6 heteroatoms. The van der Waals surface area contributed by atoms with E-state index in [9.17, 15) is 9.59 Å². The first-order valence-corrected chi connectivity index (χ1v) is 10.4. The van der Waals surface area contributed by atoms with Crippen molar-refractivity contribution in [1.29, 1.82) is 0 Å². The summed E-state index contributed by atoms with van der Waals surface area (Å²) in [7, 11) is 0. The molecular formula is C22H24N2O3S. The maximum atomic E-state index is 13.3. The Morgan fingerprint density at radius 3 is 2.57 bits per heavy atom. The summed E-state index contributed by atoms with van der Waals surface area (Å²) >= 11 is 1.30. The van der Waals surface area contributed by atoms with Crippen LogP contribution in [0.4, 0.5) is 0 Å². The summed E-state index contributed by atoms with van der Waals surface area (Å²) in [6.45, 7) is 6.10. The molecule has 28 heavy (non-hydrogen) atoms. The quantitative estimate of drug-likeness (QED) is 0.334. The molecule has 0 N–H and O–H groups in total. The Bertz CT molecular complexity index is 1050. The second-order valence-electron chi connectivity index (χ2n) is 6.49. The van der Waals surface area contributed by atoms with Gasteiger partial charge in [-0.25, -0.2) is 4.98 Å². The van der Waals surface area contributed by atoms with Crippen LogP contribution in [0.3, 0.4) is 0 Å². The van der Waals surface area contributed by atoms with E-state index in [1.165, 1.54) is 11.8 Å². The van der Waals surface area contributed by atoms with Crippen molar-refractivity contribution >= 4 is 28.6 Å². The number of fused-ring (bicyclic) bond motifs is 1. The summed E-state index contributed by atoms with van der Waals surface area (Å²) in [5, 5.41) is 0.649. The second kappa shape index (κ2) is 9.06. The van der Waals surface area contributed by atoms with Crippen molar-refractivity contribution in [2.24, 2.45) is 0 Å². The van der Waals surface area contributed by atoms with Crippen LogP contribution in [0.15, 0.2) is 58.5 Å². The van der Waals surface area contributed by atoms with Crippen LogP contribution < -0.4 is 5.56 Å². The van der Waals surface area contributed by atoms with Crippen molar-refractivity contribution in [2.45, 2.75) is 44.0 Å². The number of esters is 1. The first-order chi connectivity index (χ1) is 13.6. The van der Waals surface area contributed by atoms with E-state index in [0.29, 0.717) is 29.1 Å². The van der Waals surface area contributed by atoms with E-state index in [-0.39, 0.29) is 11.5 Å². The number of carbonyl (C=O) groups excluding carboxylic acids is 1. The van der Waals surface area contributed by atoms with E-state index < -0.39 is 5.25 Å². The first kappa shape index (κ1) is 20.1. The van der Waals surface area contributed by atoms with E-state index in [0.717, 1.165) is 17.7 Å². The fourth-order valence-corrected chi connectivity index (χ4v) is 4.28. The topological polar surface area (TPSA) is 61.2 Å². The number of hydrogen-bond donors (Lipinski definition) is 0. The number of nitrogens with zero attached hydrogens (tertiary/aromatic N) is 2. The lowest BCUT2D eigenvalue weighted by molar-refractivity contribution is -0.142. The molecule has 1 aromatic heterocycles. The van der Waals surface area contributed by atoms with Crippen molar-refractivity contribution in [1.82, 2.24) is 9.55 Å². The molecule has 0 fully saturated rings. The molecule has 5 nitrogen and oxygen atoms in total. The lowest BCUT2D eigenvalue weighted by atomic mass is 10.2. The normalized spacial score (nSPS) is 12.1. The Kier molecular flexibility index (Phi) is 6.52. The lowest BCUT2D eigenvalue weighted by Gasteiger charge is -2.18. The predicted molar refractivity (Wildman–Crippen MR) is 113 cm³/mol. The molecule has 146 valence electrons. The third-order valence-electron chi connectivity index (χ3n) is 4.45. The molecule has 3 aromatic rings. The Labute approximate surface area is 168 Å². The average molecular weight is 397 g/mol. The maximum Gasteiger partial charge on any atom is 0.319 e. The highest BCUT2D eigenvalue weighted by molar-refractivity contribution is 8.00. The molecule has 0 amide bonds. The third-order valence-corrected chi connectivity index (χ3v) is 5.65. The van der Waals surface area contributed by atoms with Gasteiger partial charge < -0.3 is 4.74 Å². The number of hydrogen-bond acceptors (Lipinski definition) is 5. The third kappa shape index (κ3) is 4.12. The molecule has 0 aliphatic rings. The molecule has 0 saturated heterocycles. The van der Waals surface area contributed by atoms with Crippen LogP contribution in [0.1, 0.15) is 32.3 Å². The van der Waals surface area contributed by atoms with Gasteiger partial charge in [-0.15, -0.1) is 0 Å². The molecule has 0 saturated carbocycles. The van der Waals surface area contributed by atoms with Crippen molar-refractivity contribution in [2.75, 3.05) is 6.61 Å². The van der Waals surface area contributed by atoms with Gasteiger partial charge in [-0.1, -0.05) is 55.4 Å². The highest BCUT2D eigenvalue weighted by Crippen LogP contribution is 2.29. The SMILES string of the molecule is CCCC(Sc1nc2ccccc2c(=O)n1-c1ccccc1C)C(=O)OCC. The molecular weight excluding hydrogens is 372 g/mol. The van der Waals surface area contributed by atoms with Crippen LogP contribution in [0.5, 0.6) is 0 Å². The van der Waals surface area contributed by atoms with Crippen LogP contribution in [0.2, 0.25) is 0 Å². The van der Waals surface area contributed by atoms with Crippen molar-refractivity contribution in [3.8, 4) is 5.69 Å². The smallest absolute Gasteiger partial charge is 0.319 e. The maximum absolute atomic E-state index is 13.3. The number of benzene rings is 2. The minimum absolute atomic E-state index is 0.137. The van der Waals surface area contributed by atoms with Gasteiger partial charge in [0.05, 0.1) is 23.2 Å². The molecule has 0 spiro atoms. The number of ether oxygens (including phenoxy) is 1. The first-order valence-electron chi connectivity index (χ1n) is 9.47. The molecule has 1 heterocycles. The zero-order chi connectivity index (χ0) is 20.1. The summed E-state index contributed by atoms with van der Waals surface area (Å²) < 4.78 is 6.86. The molecule has 0 bridgehead atoms. The van der Waals surface area contributed by atoms with Gasteiger partial charge in [0, 0.05) is 0 Å². The monoisotopic (exact) mass is 396 g/mol. The minimum Gasteiger partial charge on any atom is -0.465 e. The van der Waals surface area contributed by atoms with Gasteiger partial charge in [0.15, 0.2) is 5.16 Å². The Morgan fingerprint density at radius 2 is 1.86 bits per heavy atom. The summed E-state index contributed by atoms with van der Waals surface area (Å²) in [5.41, 5.74) is 2.22.